The molecule has 0 aliphatic carbocycles. The van der Waals surface area contributed by atoms with Gasteiger partial charge in [0.05, 0.1) is 24.8 Å². The van der Waals surface area contributed by atoms with Crippen LogP contribution in [-0.4, -0.2) is 30.6 Å². The van der Waals surface area contributed by atoms with Crippen molar-refractivity contribution in [3.63, 3.8) is 0 Å². The summed E-state index contributed by atoms with van der Waals surface area (Å²) >= 11 is 8.50. The van der Waals surface area contributed by atoms with E-state index in [0.29, 0.717) is 29.2 Å². The van der Waals surface area contributed by atoms with E-state index in [9.17, 15) is 9.59 Å². The van der Waals surface area contributed by atoms with E-state index in [1.54, 1.807) is 36.4 Å². The number of benzene rings is 2. The first-order valence-electron chi connectivity index (χ1n) is 9.93. The number of para-hydroxylation sites is 1. The molecular weight excluding hydrogens is 482 g/mol. The van der Waals surface area contributed by atoms with Crippen molar-refractivity contribution in [2.75, 3.05) is 13.7 Å². The number of amides is 2. The van der Waals surface area contributed by atoms with Crippen molar-refractivity contribution in [3.05, 3.63) is 58.1 Å². The Morgan fingerprint density at radius 1 is 0.968 bits per heavy atom. The second-order valence-electron chi connectivity index (χ2n) is 6.61. The highest BCUT2D eigenvalue weighted by Crippen LogP contribution is 2.23. The van der Waals surface area contributed by atoms with E-state index in [4.69, 9.17) is 21.7 Å². The molecule has 0 saturated carbocycles. The van der Waals surface area contributed by atoms with Crippen molar-refractivity contribution in [2.45, 2.75) is 32.6 Å². The Kier molecular flexibility index (Phi) is 10.3. The molecule has 166 valence electrons. The van der Waals surface area contributed by atoms with Gasteiger partial charge in [-0.3, -0.25) is 25.8 Å². The van der Waals surface area contributed by atoms with Crippen molar-refractivity contribution in [3.8, 4) is 11.5 Å². The molecule has 2 aromatic rings. The van der Waals surface area contributed by atoms with E-state index in [1.165, 1.54) is 7.11 Å². The summed E-state index contributed by atoms with van der Waals surface area (Å²) in [6, 6.07) is 12.0. The lowest BCUT2D eigenvalue weighted by Gasteiger charge is -2.14. The smallest absolute Gasteiger partial charge is 0.273 e. The summed E-state index contributed by atoms with van der Waals surface area (Å²) < 4.78 is 11.7. The monoisotopic (exact) mass is 507 g/mol. The molecular formula is C22H26BrN3O4S. The number of hydrogen-bond donors (Lipinski definition) is 3. The molecule has 0 heterocycles. The Bertz CT molecular complexity index is 923. The van der Waals surface area contributed by atoms with E-state index in [-0.39, 0.29) is 5.11 Å². The molecule has 0 aliphatic rings. The van der Waals surface area contributed by atoms with E-state index in [0.717, 1.165) is 30.2 Å². The van der Waals surface area contributed by atoms with Crippen LogP contribution in [0, 0.1) is 0 Å². The number of thiocarbonyl (C=S) groups is 1. The number of hydrazine groups is 1. The first kappa shape index (κ1) is 24.6. The second kappa shape index (κ2) is 12.9. The minimum atomic E-state index is -0.451. The molecule has 0 bridgehead atoms. The number of ether oxygens (including phenoxy) is 2. The molecule has 0 unspecified atom stereocenters. The number of rotatable bonds is 9. The maximum Gasteiger partial charge on any atom is 0.273 e. The first-order chi connectivity index (χ1) is 15.0. The molecule has 0 aromatic heterocycles. The van der Waals surface area contributed by atoms with Crippen molar-refractivity contribution in [1.29, 1.82) is 0 Å². The third-order valence-corrected chi connectivity index (χ3v) is 5.01. The fourth-order valence-corrected chi connectivity index (χ4v) is 3.24. The van der Waals surface area contributed by atoms with Crippen LogP contribution in [0.15, 0.2) is 46.9 Å². The molecule has 0 radical (unpaired) electrons. The molecule has 9 heteroatoms. The SMILES string of the molecule is CCCCCCOc1ccc(Br)cc1C(=O)NC(=S)NNC(=O)c1ccccc1OC. The molecule has 0 fully saturated rings. The molecule has 0 spiro atoms. The Morgan fingerprint density at radius 3 is 2.48 bits per heavy atom. The van der Waals surface area contributed by atoms with E-state index in [2.05, 4.69) is 39.0 Å². The normalized spacial score (nSPS) is 10.2. The summed E-state index contributed by atoms with van der Waals surface area (Å²) in [6.07, 6.45) is 4.29. The maximum atomic E-state index is 12.7. The van der Waals surface area contributed by atoms with Crippen LogP contribution in [0.1, 0.15) is 53.3 Å². The van der Waals surface area contributed by atoms with Crippen LogP contribution in [0.4, 0.5) is 0 Å². The van der Waals surface area contributed by atoms with Crippen molar-refractivity contribution >= 4 is 45.1 Å². The van der Waals surface area contributed by atoms with Crippen molar-refractivity contribution in [2.24, 2.45) is 0 Å². The molecule has 7 nitrogen and oxygen atoms in total. The zero-order valence-corrected chi connectivity index (χ0v) is 19.9. The minimum absolute atomic E-state index is 0.0536. The lowest BCUT2D eigenvalue weighted by Crippen LogP contribution is -2.48. The quantitative estimate of drug-likeness (QED) is 0.265. The molecule has 0 aliphatic heterocycles. The van der Waals surface area contributed by atoms with Gasteiger partial charge in [0.25, 0.3) is 11.8 Å². The average molecular weight is 508 g/mol. The number of hydrogen-bond acceptors (Lipinski definition) is 5. The van der Waals surface area contributed by atoms with Gasteiger partial charge in [-0.05, 0) is 49.0 Å². The maximum absolute atomic E-state index is 12.7. The van der Waals surface area contributed by atoms with Gasteiger partial charge in [-0.2, -0.15) is 0 Å². The summed E-state index contributed by atoms with van der Waals surface area (Å²) in [7, 11) is 1.48. The fraction of sp³-hybridized carbons (Fsp3) is 0.318. The molecule has 31 heavy (non-hydrogen) atoms. The molecule has 0 saturated heterocycles. The lowest BCUT2D eigenvalue weighted by molar-refractivity contribution is 0.0931. The van der Waals surface area contributed by atoms with Crippen LogP contribution in [-0.2, 0) is 0 Å². The predicted octanol–water partition coefficient (Wildman–Crippen LogP) is 4.37. The van der Waals surface area contributed by atoms with E-state index in [1.807, 2.05) is 6.07 Å². The third-order valence-electron chi connectivity index (χ3n) is 4.31. The van der Waals surface area contributed by atoms with Gasteiger partial charge in [-0.1, -0.05) is 54.2 Å². The lowest BCUT2D eigenvalue weighted by atomic mass is 10.2. The Labute approximate surface area is 196 Å². The third kappa shape index (κ3) is 7.84. The summed E-state index contributed by atoms with van der Waals surface area (Å²) in [5, 5.41) is 2.49. The van der Waals surface area contributed by atoms with E-state index < -0.39 is 11.8 Å². The van der Waals surface area contributed by atoms with Crippen molar-refractivity contribution < 1.29 is 19.1 Å². The number of carbonyl (C=O) groups excluding carboxylic acids is 2. The van der Waals surface area contributed by atoms with Crippen molar-refractivity contribution in [1.82, 2.24) is 16.2 Å². The van der Waals surface area contributed by atoms with Crippen LogP contribution in [0.25, 0.3) is 0 Å². The first-order valence-corrected chi connectivity index (χ1v) is 11.1. The van der Waals surface area contributed by atoms with Gasteiger partial charge < -0.3 is 9.47 Å². The van der Waals surface area contributed by atoms with Gasteiger partial charge in [0, 0.05) is 4.47 Å². The number of methoxy groups -OCH3 is 1. The van der Waals surface area contributed by atoms with Crippen LogP contribution in [0.3, 0.4) is 0 Å². The van der Waals surface area contributed by atoms with Gasteiger partial charge in [0.15, 0.2) is 5.11 Å². The largest absolute Gasteiger partial charge is 0.496 e. The van der Waals surface area contributed by atoms with Crippen LogP contribution in [0.5, 0.6) is 11.5 Å². The molecule has 2 aromatic carbocycles. The Hall–Kier alpha value is -2.65. The van der Waals surface area contributed by atoms with E-state index >= 15 is 0 Å². The number of nitrogens with one attached hydrogen (secondary N) is 3. The predicted molar refractivity (Wildman–Crippen MR) is 127 cm³/mol. The molecule has 3 N–H and O–H groups in total. The number of unbranched alkanes of at least 4 members (excludes halogenated alkanes) is 3. The number of carbonyl (C=O) groups is 2. The van der Waals surface area contributed by atoms with Crippen LogP contribution < -0.4 is 25.6 Å². The van der Waals surface area contributed by atoms with Gasteiger partial charge in [0.2, 0.25) is 0 Å². The second-order valence-corrected chi connectivity index (χ2v) is 7.94. The molecule has 2 amide bonds. The number of halogens is 1. The highest BCUT2D eigenvalue weighted by Gasteiger charge is 2.16. The van der Waals surface area contributed by atoms with Gasteiger partial charge in [-0.15, -0.1) is 0 Å². The highest BCUT2D eigenvalue weighted by atomic mass is 79.9. The summed E-state index contributed by atoms with van der Waals surface area (Å²) in [6.45, 7) is 2.67. The van der Waals surface area contributed by atoms with Gasteiger partial charge in [0.1, 0.15) is 11.5 Å². The topological polar surface area (TPSA) is 88.7 Å². The van der Waals surface area contributed by atoms with Gasteiger partial charge >= 0.3 is 0 Å². The van der Waals surface area contributed by atoms with Crippen LogP contribution >= 0.6 is 28.1 Å². The zero-order valence-electron chi connectivity index (χ0n) is 17.5. The Morgan fingerprint density at radius 2 is 1.74 bits per heavy atom. The summed E-state index contributed by atoms with van der Waals surface area (Å²) in [5.74, 6) is -0.00817. The fourth-order valence-electron chi connectivity index (χ4n) is 2.73. The molecule has 2 rings (SSSR count). The molecule has 0 atom stereocenters. The summed E-state index contributed by atoms with van der Waals surface area (Å²) in [4.78, 5) is 25.0. The minimum Gasteiger partial charge on any atom is -0.496 e. The Balaban J connectivity index is 1.94. The van der Waals surface area contributed by atoms with Crippen LogP contribution in [0.2, 0.25) is 0 Å². The highest BCUT2D eigenvalue weighted by molar-refractivity contribution is 9.10. The summed E-state index contributed by atoms with van der Waals surface area (Å²) in [5.41, 5.74) is 5.64. The standard InChI is InChI=1S/C22H26BrN3O4S/c1-3-4-5-8-13-30-19-12-11-15(23)14-17(19)20(27)24-22(31)26-25-21(28)16-9-6-7-10-18(16)29-2/h6-7,9-12,14H,3-5,8,13H2,1-2H3,(H,25,28)(H2,24,26,27,31). The average Bonchev–Trinajstić information content (AvgIpc) is 2.78. The van der Waals surface area contributed by atoms with Gasteiger partial charge in [-0.25, -0.2) is 0 Å². The zero-order chi connectivity index (χ0) is 22.6.